The molecule has 3 aromatic rings. The van der Waals surface area contributed by atoms with Crippen molar-refractivity contribution in [1.82, 2.24) is 34.9 Å². The second-order valence-corrected chi connectivity index (χ2v) is 5.93. The standard InChI is InChI=1S/C15H18N8/c1-11-18-19-14-3-4-15(20-23(11)14)22-9-13(10-22)21(2)8-12-5-6-16-17-7-12/h3-7,13H,8-10H2,1-2H3. The Morgan fingerprint density at radius 2 is 2.04 bits per heavy atom. The van der Waals surface area contributed by atoms with Gasteiger partial charge in [0.15, 0.2) is 11.5 Å². The van der Waals surface area contributed by atoms with Gasteiger partial charge in [0.2, 0.25) is 0 Å². The van der Waals surface area contributed by atoms with Crippen LogP contribution in [0.15, 0.2) is 30.6 Å². The summed E-state index contributed by atoms with van der Waals surface area (Å²) in [6, 6.07) is 6.49. The van der Waals surface area contributed by atoms with E-state index in [4.69, 9.17) is 0 Å². The number of aromatic nitrogens is 6. The molecule has 0 saturated carbocycles. The van der Waals surface area contributed by atoms with Crippen LogP contribution in [-0.2, 0) is 6.54 Å². The molecule has 1 saturated heterocycles. The van der Waals surface area contributed by atoms with Crippen molar-refractivity contribution >= 4 is 11.5 Å². The third-order valence-electron chi connectivity index (χ3n) is 4.29. The Kier molecular flexibility index (Phi) is 3.38. The Bertz CT molecular complexity index is 809. The Hall–Kier alpha value is -2.61. The molecular weight excluding hydrogens is 292 g/mol. The van der Waals surface area contributed by atoms with Crippen LogP contribution in [0.2, 0.25) is 0 Å². The molecule has 1 aliphatic rings. The van der Waals surface area contributed by atoms with E-state index in [2.05, 4.69) is 42.3 Å². The smallest absolute Gasteiger partial charge is 0.178 e. The van der Waals surface area contributed by atoms with Gasteiger partial charge < -0.3 is 4.90 Å². The Balaban J connectivity index is 1.41. The van der Waals surface area contributed by atoms with Gasteiger partial charge in [0.25, 0.3) is 0 Å². The molecule has 1 aliphatic heterocycles. The van der Waals surface area contributed by atoms with Crippen LogP contribution in [0, 0.1) is 6.92 Å². The minimum Gasteiger partial charge on any atom is -0.352 e. The van der Waals surface area contributed by atoms with E-state index in [-0.39, 0.29) is 0 Å². The van der Waals surface area contributed by atoms with Crippen LogP contribution >= 0.6 is 0 Å². The fourth-order valence-corrected chi connectivity index (χ4v) is 2.80. The number of fused-ring (bicyclic) bond motifs is 1. The molecule has 0 bridgehead atoms. The van der Waals surface area contributed by atoms with Crippen LogP contribution in [0.5, 0.6) is 0 Å². The van der Waals surface area contributed by atoms with Crippen molar-refractivity contribution in [3.63, 3.8) is 0 Å². The molecule has 8 nitrogen and oxygen atoms in total. The van der Waals surface area contributed by atoms with Gasteiger partial charge in [-0.1, -0.05) is 0 Å². The highest BCUT2D eigenvalue weighted by atomic mass is 15.4. The van der Waals surface area contributed by atoms with Crippen LogP contribution in [0.1, 0.15) is 11.4 Å². The van der Waals surface area contributed by atoms with Crippen LogP contribution in [0.3, 0.4) is 0 Å². The average molecular weight is 310 g/mol. The van der Waals surface area contributed by atoms with Crippen LogP contribution < -0.4 is 4.90 Å². The first kappa shape index (κ1) is 14.0. The Morgan fingerprint density at radius 3 is 2.83 bits per heavy atom. The lowest BCUT2D eigenvalue weighted by atomic mass is 10.1. The third kappa shape index (κ3) is 2.61. The van der Waals surface area contributed by atoms with Crippen LogP contribution in [-0.4, -0.2) is 61.1 Å². The zero-order chi connectivity index (χ0) is 15.8. The SMILES string of the molecule is Cc1nnc2ccc(N3CC(N(C)Cc4ccnnc4)C3)nn12. The summed E-state index contributed by atoms with van der Waals surface area (Å²) < 4.78 is 1.79. The zero-order valence-electron chi connectivity index (χ0n) is 13.2. The maximum absolute atomic E-state index is 4.62. The largest absolute Gasteiger partial charge is 0.352 e. The van der Waals surface area contributed by atoms with Gasteiger partial charge in [-0.25, -0.2) is 0 Å². The van der Waals surface area contributed by atoms with Crippen molar-refractivity contribution in [2.24, 2.45) is 0 Å². The molecule has 0 atom stereocenters. The fraction of sp³-hybridized carbons (Fsp3) is 0.400. The first-order valence-corrected chi connectivity index (χ1v) is 7.60. The summed E-state index contributed by atoms with van der Waals surface area (Å²) in [5, 5.41) is 20.5. The van der Waals surface area contributed by atoms with Gasteiger partial charge in [-0.15, -0.1) is 15.3 Å². The van der Waals surface area contributed by atoms with Crippen LogP contribution in [0.25, 0.3) is 5.65 Å². The van der Waals surface area contributed by atoms with Gasteiger partial charge in [-0.3, -0.25) is 4.90 Å². The molecule has 8 heteroatoms. The van der Waals surface area contributed by atoms with Crippen molar-refractivity contribution in [3.05, 3.63) is 42.0 Å². The summed E-state index contributed by atoms with van der Waals surface area (Å²) in [6.07, 6.45) is 3.55. The highest BCUT2D eigenvalue weighted by molar-refractivity contribution is 5.47. The second kappa shape index (κ2) is 5.54. The van der Waals surface area contributed by atoms with Gasteiger partial charge in [0, 0.05) is 31.9 Å². The predicted octanol–water partition coefficient (Wildman–Crippen LogP) is 0.543. The van der Waals surface area contributed by atoms with E-state index in [1.807, 2.05) is 31.3 Å². The maximum atomic E-state index is 4.62. The topological polar surface area (TPSA) is 75.3 Å². The number of hydrogen-bond donors (Lipinski definition) is 0. The molecule has 4 heterocycles. The summed E-state index contributed by atoms with van der Waals surface area (Å²) in [6.45, 7) is 4.72. The summed E-state index contributed by atoms with van der Waals surface area (Å²) in [5.41, 5.74) is 1.96. The number of rotatable bonds is 4. The van der Waals surface area contributed by atoms with Crippen LogP contribution in [0.4, 0.5) is 5.82 Å². The predicted molar refractivity (Wildman–Crippen MR) is 85.0 cm³/mol. The minimum absolute atomic E-state index is 0.516. The van der Waals surface area contributed by atoms with Gasteiger partial charge in [0.05, 0.1) is 6.20 Å². The monoisotopic (exact) mass is 310 g/mol. The lowest BCUT2D eigenvalue weighted by molar-refractivity contribution is 0.196. The molecule has 118 valence electrons. The van der Waals surface area contributed by atoms with E-state index in [1.165, 1.54) is 5.56 Å². The summed E-state index contributed by atoms with van der Waals surface area (Å²) in [4.78, 5) is 4.61. The maximum Gasteiger partial charge on any atom is 0.178 e. The average Bonchev–Trinajstić information content (AvgIpc) is 2.88. The quantitative estimate of drug-likeness (QED) is 0.696. The number of hydrogen-bond acceptors (Lipinski definition) is 7. The molecule has 0 aromatic carbocycles. The number of likely N-dealkylation sites (N-methyl/N-ethyl adjacent to an activating group) is 1. The van der Waals surface area contributed by atoms with Crippen molar-refractivity contribution in [2.45, 2.75) is 19.5 Å². The molecule has 4 rings (SSSR count). The van der Waals surface area contributed by atoms with Gasteiger partial charge in [0.1, 0.15) is 5.82 Å². The molecule has 0 spiro atoms. The first-order valence-electron chi connectivity index (χ1n) is 7.60. The van der Waals surface area contributed by atoms with Gasteiger partial charge >= 0.3 is 0 Å². The second-order valence-electron chi connectivity index (χ2n) is 5.93. The molecule has 0 N–H and O–H groups in total. The molecule has 0 radical (unpaired) electrons. The van der Waals surface area contributed by atoms with E-state index in [0.717, 1.165) is 36.9 Å². The van der Waals surface area contributed by atoms with Gasteiger partial charge in [-0.05, 0) is 37.7 Å². The fourth-order valence-electron chi connectivity index (χ4n) is 2.80. The molecule has 0 amide bonds. The van der Waals surface area contributed by atoms with E-state index >= 15 is 0 Å². The van der Waals surface area contributed by atoms with E-state index in [9.17, 15) is 0 Å². The minimum atomic E-state index is 0.516. The molecule has 3 aromatic heterocycles. The zero-order valence-corrected chi connectivity index (χ0v) is 13.2. The van der Waals surface area contributed by atoms with Gasteiger partial charge in [-0.2, -0.15) is 14.7 Å². The Morgan fingerprint density at radius 1 is 1.17 bits per heavy atom. The highest BCUT2D eigenvalue weighted by Gasteiger charge is 2.31. The van der Waals surface area contributed by atoms with E-state index < -0.39 is 0 Å². The summed E-state index contributed by atoms with van der Waals surface area (Å²) in [7, 11) is 2.14. The number of nitrogens with zero attached hydrogens (tertiary/aromatic N) is 8. The van der Waals surface area contributed by atoms with E-state index in [1.54, 1.807) is 10.7 Å². The number of aryl methyl sites for hydroxylation is 1. The van der Waals surface area contributed by atoms with Crippen molar-refractivity contribution in [1.29, 1.82) is 0 Å². The van der Waals surface area contributed by atoms with Crippen molar-refractivity contribution in [2.75, 3.05) is 25.0 Å². The molecule has 0 unspecified atom stereocenters. The highest BCUT2D eigenvalue weighted by Crippen LogP contribution is 2.22. The van der Waals surface area contributed by atoms with E-state index in [0.29, 0.717) is 6.04 Å². The summed E-state index contributed by atoms with van der Waals surface area (Å²) in [5.74, 6) is 1.77. The summed E-state index contributed by atoms with van der Waals surface area (Å²) >= 11 is 0. The molecular formula is C15H18N8. The molecule has 1 fully saturated rings. The Labute approximate surface area is 133 Å². The van der Waals surface area contributed by atoms with Crippen molar-refractivity contribution < 1.29 is 0 Å². The van der Waals surface area contributed by atoms with Crippen molar-refractivity contribution in [3.8, 4) is 0 Å². The first-order chi connectivity index (χ1) is 11.2. The lowest BCUT2D eigenvalue weighted by Gasteiger charge is -2.44. The molecule has 23 heavy (non-hydrogen) atoms. The normalized spacial score (nSPS) is 15.3. The third-order valence-corrected chi connectivity index (χ3v) is 4.29. The lowest BCUT2D eigenvalue weighted by Crippen LogP contribution is -2.58. The number of anilines is 1. The molecule has 0 aliphatic carbocycles.